The van der Waals surface area contributed by atoms with Crippen LogP contribution in [0.3, 0.4) is 0 Å². The van der Waals surface area contributed by atoms with Crippen molar-refractivity contribution in [3.63, 3.8) is 0 Å². The van der Waals surface area contributed by atoms with E-state index in [0.29, 0.717) is 0 Å². The van der Waals surface area contributed by atoms with Crippen molar-refractivity contribution in [3.05, 3.63) is 35.9 Å². The van der Waals surface area contributed by atoms with Crippen molar-refractivity contribution in [2.24, 2.45) is 17.6 Å². The van der Waals surface area contributed by atoms with Crippen molar-refractivity contribution in [1.29, 1.82) is 0 Å². The number of carboxylic acid groups (broad SMARTS) is 1. The van der Waals surface area contributed by atoms with Crippen LogP contribution < -0.4 is 5.73 Å². The van der Waals surface area contributed by atoms with E-state index in [0.717, 1.165) is 10.5 Å². The molecule has 8 nitrogen and oxygen atoms in total. The van der Waals surface area contributed by atoms with Crippen molar-refractivity contribution in [2.75, 3.05) is 6.54 Å². The van der Waals surface area contributed by atoms with Crippen molar-refractivity contribution >= 4 is 18.0 Å². The first-order valence-electron chi connectivity index (χ1n) is 8.28. The fourth-order valence-corrected chi connectivity index (χ4v) is 2.77. The molecule has 1 fully saturated rings. The summed E-state index contributed by atoms with van der Waals surface area (Å²) in [6.07, 6.45) is -1.92. The lowest BCUT2D eigenvalue weighted by atomic mass is 9.94. The van der Waals surface area contributed by atoms with Crippen molar-refractivity contribution in [1.82, 2.24) is 4.90 Å². The monoisotopic (exact) mass is 364 g/mol. The Bertz CT molecular complexity index is 670. The molecule has 8 heteroatoms. The summed E-state index contributed by atoms with van der Waals surface area (Å²) in [7, 11) is 0. The molecule has 1 aliphatic heterocycles. The summed E-state index contributed by atoms with van der Waals surface area (Å²) < 4.78 is 10.5. The summed E-state index contributed by atoms with van der Waals surface area (Å²) >= 11 is 0. The number of hydrogen-bond acceptors (Lipinski definition) is 6. The lowest BCUT2D eigenvalue weighted by Crippen LogP contribution is -2.47. The Labute approximate surface area is 151 Å². The number of nitrogens with two attached hydrogens (primary N) is 1. The van der Waals surface area contributed by atoms with Gasteiger partial charge < -0.3 is 20.3 Å². The van der Waals surface area contributed by atoms with Crippen LogP contribution in [0.25, 0.3) is 0 Å². The minimum absolute atomic E-state index is 0.0180. The van der Waals surface area contributed by atoms with Crippen molar-refractivity contribution < 1.29 is 29.0 Å². The summed E-state index contributed by atoms with van der Waals surface area (Å²) in [6, 6.07) is 9.02. The number of aliphatic carboxylic acids is 1. The largest absolute Gasteiger partial charge is 0.481 e. The molecule has 0 aromatic heterocycles. The molecule has 1 aromatic rings. The number of amides is 1. The molecule has 26 heavy (non-hydrogen) atoms. The van der Waals surface area contributed by atoms with Gasteiger partial charge in [0, 0.05) is 6.54 Å². The van der Waals surface area contributed by atoms with E-state index >= 15 is 0 Å². The Hall–Kier alpha value is -2.61. The Morgan fingerprint density at radius 1 is 1.23 bits per heavy atom. The van der Waals surface area contributed by atoms with E-state index in [4.69, 9.17) is 15.2 Å². The Morgan fingerprint density at radius 2 is 1.85 bits per heavy atom. The maximum Gasteiger partial charge on any atom is 0.411 e. The fourth-order valence-electron chi connectivity index (χ4n) is 2.77. The second kappa shape index (κ2) is 7.74. The van der Waals surface area contributed by atoms with E-state index < -0.39 is 41.6 Å². The van der Waals surface area contributed by atoms with Crippen LogP contribution in [0.1, 0.15) is 26.3 Å². The third-order valence-electron chi connectivity index (χ3n) is 3.99. The lowest BCUT2D eigenvalue weighted by Gasteiger charge is -2.27. The first kappa shape index (κ1) is 19.7. The van der Waals surface area contributed by atoms with Gasteiger partial charge in [0.05, 0.1) is 12.1 Å². The number of benzene rings is 1. The molecule has 0 bridgehead atoms. The molecule has 2 rings (SSSR count). The van der Waals surface area contributed by atoms with Crippen LogP contribution >= 0.6 is 0 Å². The minimum Gasteiger partial charge on any atom is -0.481 e. The molecular weight excluding hydrogens is 340 g/mol. The zero-order valence-electron chi connectivity index (χ0n) is 15.0. The molecule has 1 aliphatic rings. The average Bonchev–Trinajstić information content (AvgIpc) is 2.90. The van der Waals surface area contributed by atoms with Crippen LogP contribution in [0.15, 0.2) is 30.3 Å². The van der Waals surface area contributed by atoms with Crippen LogP contribution in [0.5, 0.6) is 0 Å². The van der Waals surface area contributed by atoms with Gasteiger partial charge in [-0.15, -0.1) is 0 Å². The molecule has 0 aliphatic carbocycles. The fraction of sp³-hybridized carbons (Fsp3) is 0.500. The zero-order valence-corrected chi connectivity index (χ0v) is 15.0. The van der Waals surface area contributed by atoms with E-state index in [-0.39, 0.29) is 13.2 Å². The van der Waals surface area contributed by atoms with Gasteiger partial charge in [0.15, 0.2) is 0 Å². The van der Waals surface area contributed by atoms with Crippen molar-refractivity contribution in [2.45, 2.75) is 39.1 Å². The van der Waals surface area contributed by atoms with Gasteiger partial charge in [-0.2, -0.15) is 0 Å². The molecule has 142 valence electrons. The number of carbonyl (C=O) groups excluding carboxylic acids is 2. The van der Waals surface area contributed by atoms with Gasteiger partial charge in [-0.05, 0) is 26.3 Å². The van der Waals surface area contributed by atoms with E-state index in [9.17, 15) is 19.5 Å². The number of nitrogens with zero attached hydrogens (tertiary/aromatic N) is 1. The number of esters is 1. The molecule has 1 amide bonds. The minimum atomic E-state index is -1.26. The quantitative estimate of drug-likeness (QED) is 0.778. The zero-order chi connectivity index (χ0) is 19.5. The Kier molecular flexibility index (Phi) is 5.86. The second-order valence-electron chi connectivity index (χ2n) is 7.19. The summed E-state index contributed by atoms with van der Waals surface area (Å²) in [6.45, 7) is 4.91. The standard InChI is InChI=1S/C18H24N2O6/c1-18(2,3)26-17(24)20-9-12(13(14(20)19)15(21)22)16(23)25-10-11-7-5-4-6-8-11/h4-8,12-14H,9-10,19H2,1-3H3,(H,21,22)/t12-,13-,14?/m1/s1. The Morgan fingerprint density at radius 3 is 2.38 bits per heavy atom. The second-order valence-corrected chi connectivity index (χ2v) is 7.19. The molecular formula is C18H24N2O6. The van der Waals surface area contributed by atoms with Gasteiger partial charge >= 0.3 is 18.0 Å². The molecule has 1 saturated heterocycles. The molecule has 1 unspecified atom stereocenters. The highest BCUT2D eigenvalue weighted by atomic mass is 16.6. The van der Waals surface area contributed by atoms with Gasteiger partial charge in [-0.3, -0.25) is 14.5 Å². The molecule has 3 N–H and O–H groups in total. The van der Waals surface area contributed by atoms with Crippen LogP contribution in [-0.4, -0.2) is 46.3 Å². The van der Waals surface area contributed by atoms with Crippen molar-refractivity contribution in [3.8, 4) is 0 Å². The maximum absolute atomic E-state index is 12.4. The number of carboxylic acids is 1. The van der Waals surface area contributed by atoms with E-state index in [1.165, 1.54) is 0 Å². The maximum atomic E-state index is 12.4. The smallest absolute Gasteiger partial charge is 0.411 e. The summed E-state index contributed by atoms with van der Waals surface area (Å²) in [4.78, 5) is 37.3. The van der Waals surface area contributed by atoms with Gasteiger partial charge in [-0.1, -0.05) is 30.3 Å². The number of hydrogen-bond donors (Lipinski definition) is 2. The predicted molar refractivity (Wildman–Crippen MR) is 91.8 cm³/mol. The highest BCUT2D eigenvalue weighted by Gasteiger charge is 2.51. The first-order valence-corrected chi connectivity index (χ1v) is 8.28. The first-order chi connectivity index (χ1) is 12.1. The SMILES string of the molecule is CC(C)(C)OC(=O)N1C[C@@H](C(=O)OCc2ccccc2)[C@@H](C(=O)O)C1N. The summed E-state index contributed by atoms with van der Waals surface area (Å²) in [5, 5.41) is 9.45. The normalized spacial score (nSPS) is 22.8. The Balaban J connectivity index is 2.09. The number of ether oxygens (including phenoxy) is 2. The molecule has 0 radical (unpaired) electrons. The lowest BCUT2D eigenvalue weighted by molar-refractivity contribution is -0.157. The van der Waals surface area contributed by atoms with Gasteiger partial charge in [0.2, 0.25) is 0 Å². The van der Waals surface area contributed by atoms with E-state index in [1.807, 2.05) is 6.07 Å². The molecule has 3 atom stereocenters. The van der Waals surface area contributed by atoms with Crippen LogP contribution in [0.2, 0.25) is 0 Å². The van der Waals surface area contributed by atoms with E-state index in [1.54, 1.807) is 45.0 Å². The van der Waals surface area contributed by atoms with E-state index in [2.05, 4.69) is 0 Å². The predicted octanol–water partition coefficient (Wildman–Crippen LogP) is 1.58. The molecule has 1 aromatic carbocycles. The molecule has 1 heterocycles. The summed E-state index contributed by atoms with van der Waals surface area (Å²) in [5.74, 6) is -4.28. The topological polar surface area (TPSA) is 119 Å². The van der Waals surface area contributed by atoms with Gasteiger partial charge in [-0.25, -0.2) is 4.79 Å². The third kappa shape index (κ3) is 4.72. The number of rotatable bonds is 4. The highest BCUT2D eigenvalue weighted by Crippen LogP contribution is 2.30. The molecule has 0 saturated carbocycles. The van der Waals surface area contributed by atoms with Crippen LogP contribution in [0.4, 0.5) is 4.79 Å². The third-order valence-corrected chi connectivity index (χ3v) is 3.99. The van der Waals surface area contributed by atoms with Crippen LogP contribution in [0, 0.1) is 11.8 Å². The number of carbonyl (C=O) groups is 3. The average molecular weight is 364 g/mol. The summed E-state index contributed by atoms with van der Waals surface area (Å²) in [5.41, 5.74) is 5.93. The number of likely N-dealkylation sites (tertiary alicyclic amines) is 1. The highest BCUT2D eigenvalue weighted by molar-refractivity contribution is 5.84. The van der Waals surface area contributed by atoms with Gasteiger partial charge in [0.25, 0.3) is 0 Å². The van der Waals surface area contributed by atoms with Gasteiger partial charge in [0.1, 0.15) is 18.1 Å². The molecule has 0 spiro atoms. The van der Waals surface area contributed by atoms with Crippen LogP contribution in [-0.2, 0) is 25.7 Å².